The Morgan fingerprint density at radius 3 is 2.23 bits per heavy atom. The van der Waals surface area contributed by atoms with Crippen LogP contribution >= 0.6 is 0 Å². The molecule has 0 saturated carbocycles. The molecule has 31 heavy (non-hydrogen) atoms. The van der Waals surface area contributed by atoms with Gasteiger partial charge < -0.3 is 15.1 Å². The van der Waals surface area contributed by atoms with Crippen LogP contribution in [0.2, 0.25) is 0 Å². The molecule has 1 fully saturated rings. The van der Waals surface area contributed by atoms with Crippen molar-refractivity contribution in [2.24, 2.45) is 5.92 Å². The van der Waals surface area contributed by atoms with Gasteiger partial charge in [-0.25, -0.2) is 4.39 Å². The first-order valence-electron chi connectivity index (χ1n) is 10.7. The number of anilines is 1. The Morgan fingerprint density at radius 1 is 1.00 bits per heavy atom. The van der Waals surface area contributed by atoms with E-state index in [9.17, 15) is 18.8 Å². The van der Waals surface area contributed by atoms with Crippen molar-refractivity contribution in [1.29, 1.82) is 0 Å². The van der Waals surface area contributed by atoms with Crippen molar-refractivity contribution < 1.29 is 18.8 Å². The fraction of sp³-hybridized carbons (Fsp3) is 0.375. The molecule has 3 rings (SSSR count). The highest BCUT2D eigenvalue weighted by Crippen LogP contribution is 2.21. The number of rotatable bonds is 6. The minimum atomic E-state index is -0.391. The monoisotopic (exact) mass is 425 g/mol. The quantitative estimate of drug-likeness (QED) is 0.765. The predicted octanol–water partition coefficient (Wildman–Crippen LogP) is 3.80. The first kappa shape index (κ1) is 22.5. The van der Waals surface area contributed by atoms with Gasteiger partial charge in [-0.3, -0.25) is 14.4 Å². The van der Waals surface area contributed by atoms with E-state index in [0.29, 0.717) is 49.4 Å². The molecule has 1 N–H and O–H groups in total. The summed E-state index contributed by atoms with van der Waals surface area (Å²) in [4.78, 5) is 41.2. The number of nitrogens with one attached hydrogen (secondary N) is 1. The molecule has 0 spiro atoms. The van der Waals surface area contributed by atoms with Crippen molar-refractivity contribution in [1.82, 2.24) is 9.80 Å². The lowest BCUT2D eigenvalue weighted by Gasteiger charge is -2.32. The molecule has 0 aromatic heterocycles. The Morgan fingerprint density at radius 2 is 1.61 bits per heavy atom. The topological polar surface area (TPSA) is 69.7 Å². The molecule has 1 saturated heterocycles. The van der Waals surface area contributed by atoms with E-state index in [1.165, 1.54) is 24.3 Å². The summed E-state index contributed by atoms with van der Waals surface area (Å²) in [6, 6.07) is 12.3. The number of amides is 3. The molecule has 1 atom stereocenters. The Bertz CT molecular complexity index is 924. The summed E-state index contributed by atoms with van der Waals surface area (Å²) in [5.74, 6) is -1.10. The normalized spacial score (nSPS) is 16.0. The Labute approximate surface area is 182 Å². The van der Waals surface area contributed by atoms with E-state index < -0.39 is 5.82 Å². The molecule has 0 bridgehead atoms. The van der Waals surface area contributed by atoms with Gasteiger partial charge in [-0.1, -0.05) is 0 Å². The molecule has 7 heteroatoms. The Kier molecular flexibility index (Phi) is 7.39. The van der Waals surface area contributed by atoms with Gasteiger partial charge in [0.2, 0.25) is 5.91 Å². The summed E-state index contributed by atoms with van der Waals surface area (Å²) >= 11 is 0. The molecular weight excluding hydrogens is 397 g/mol. The van der Waals surface area contributed by atoms with Gasteiger partial charge in [0.05, 0.1) is 5.92 Å². The molecular formula is C24H28FN3O3. The smallest absolute Gasteiger partial charge is 0.253 e. The Balaban J connectivity index is 1.60. The van der Waals surface area contributed by atoms with Gasteiger partial charge in [-0.05, 0) is 75.2 Å². The van der Waals surface area contributed by atoms with Crippen LogP contribution in [0.5, 0.6) is 0 Å². The van der Waals surface area contributed by atoms with E-state index in [4.69, 9.17) is 0 Å². The zero-order valence-corrected chi connectivity index (χ0v) is 17.9. The van der Waals surface area contributed by atoms with Crippen LogP contribution < -0.4 is 5.32 Å². The number of hydrogen-bond acceptors (Lipinski definition) is 3. The number of benzene rings is 2. The van der Waals surface area contributed by atoms with Crippen molar-refractivity contribution in [2.45, 2.75) is 26.7 Å². The highest BCUT2D eigenvalue weighted by Gasteiger charge is 2.29. The molecule has 1 aliphatic heterocycles. The van der Waals surface area contributed by atoms with E-state index in [1.54, 1.807) is 34.1 Å². The second-order valence-corrected chi connectivity index (χ2v) is 7.64. The van der Waals surface area contributed by atoms with Crippen LogP contribution in [0, 0.1) is 11.7 Å². The molecule has 0 radical (unpaired) electrons. The van der Waals surface area contributed by atoms with Crippen LogP contribution in [0.1, 0.15) is 47.4 Å². The molecule has 1 aliphatic rings. The summed E-state index contributed by atoms with van der Waals surface area (Å²) in [6.45, 7) is 6.04. The van der Waals surface area contributed by atoms with Crippen LogP contribution in [0.3, 0.4) is 0 Å². The molecule has 6 nitrogen and oxygen atoms in total. The van der Waals surface area contributed by atoms with E-state index >= 15 is 0 Å². The number of halogens is 1. The summed E-state index contributed by atoms with van der Waals surface area (Å²) in [5.41, 5.74) is 1.61. The average Bonchev–Trinajstić information content (AvgIpc) is 2.80. The number of likely N-dealkylation sites (tertiary alicyclic amines) is 1. The lowest BCUT2D eigenvalue weighted by atomic mass is 9.96. The van der Waals surface area contributed by atoms with Crippen LogP contribution in [0.4, 0.5) is 10.1 Å². The second-order valence-electron chi connectivity index (χ2n) is 7.64. The molecule has 0 aliphatic carbocycles. The maximum absolute atomic E-state index is 13.1. The number of carbonyl (C=O) groups is 3. The molecule has 164 valence electrons. The molecule has 2 aromatic carbocycles. The summed E-state index contributed by atoms with van der Waals surface area (Å²) in [5, 5.41) is 2.89. The van der Waals surface area contributed by atoms with Gasteiger partial charge in [-0.2, -0.15) is 0 Å². The van der Waals surface area contributed by atoms with Gasteiger partial charge in [-0.15, -0.1) is 0 Å². The number of nitrogens with zero attached hydrogens (tertiary/aromatic N) is 2. The average molecular weight is 426 g/mol. The standard InChI is InChI=1S/C24H28FN3O3/c1-3-27(4-2)23(30)18-9-13-21(14-10-18)26-22(29)19-6-5-15-28(16-19)24(31)17-7-11-20(25)12-8-17/h7-14,19H,3-6,15-16H2,1-2H3,(H,26,29)/t19-/m0/s1. The van der Waals surface area contributed by atoms with Crippen molar-refractivity contribution >= 4 is 23.4 Å². The minimum Gasteiger partial charge on any atom is -0.339 e. The summed E-state index contributed by atoms with van der Waals surface area (Å²) in [7, 11) is 0. The molecule has 0 unspecified atom stereocenters. The van der Waals surface area contributed by atoms with Crippen molar-refractivity contribution in [3.8, 4) is 0 Å². The molecule has 2 aromatic rings. The molecule has 3 amide bonds. The summed E-state index contributed by atoms with van der Waals surface area (Å²) in [6.07, 6.45) is 1.42. The van der Waals surface area contributed by atoms with Crippen molar-refractivity contribution in [3.05, 3.63) is 65.5 Å². The van der Waals surface area contributed by atoms with Gasteiger partial charge >= 0.3 is 0 Å². The van der Waals surface area contributed by atoms with E-state index in [2.05, 4.69) is 5.32 Å². The van der Waals surface area contributed by atoms with Gasteiger partial charge in [0.15, 0.2) is 0 Å². The maximum Gasteiger partial charge on any atom is 0.253 e. The van der Waals surface area contributed by atoms with E-state index in [-0.39, 0.29) is 23.6 Å². The fourth-order valence-electron chi connectivity index (χ4n) is 3.78. The zero-order valence-electron chi connectivity index (χ0n) is 17.9. The van der Waals surface area contributed by atoms with Gasteiger partial charge in [0.1, 0.15) is 5.82 Å². The largest absolute Gasteiger partial charge is 0.339 e. The third kappa shape index (κ3) is 5.48. The van der Waals surface area contributed by atoms with Gasteiger partial charge in [0.25, 0.3) is 11.8 Å². The lowest BCUT2D eigenvalue weighted by Crippen LogP contribution is -2.43. The third-order valence-corrected chi connectivity index (χ3v) is 5.62. The van der Waals surface area contributed by atoms with Crippen LogP contribution in [0.25, 0.3) is 0 Å². The SMILES string of the molecule is CCN(CC)C(=O)c1ccc(NC(=O)[C@H]2CCCN(C(=O)c3ccc(F)cc3)C2)cc1. The number of carbonyl (C=O) groups excluding carboxylic acids is 3. The Hall–Kier alpha value is -3.22. The predicted molar refractivity (Wildman–Crippen MR) is 117 cm³/mol. The lowest BCUT2D eigenvalue weighted by molar-refractivity contribution is -0.121. The maximum atomic E-state index is 13.1. The fourth-order valence-corrected chi connectivity index (χ4v) is 3.78. The van der Waals surface area contributed by atoms with Crippen molar-refractivity contribution in [3.63, 3.8) is 0 Å². The van der Waals surface area contributed by atoms with E-state index in [0.717, 1.165) is 6.42 Å². The first-order valence-corrected chi connectivity index (χ1v) is 10.7. The highest BCUT2D eigenvalue weighted by atomic mass is 19.1. The number of piperidine rings is 1. The van der Waals surface area contributed by atoms with Gasteiger partial charge in [0, 0.05) is 43.0 Å². The highest BCUT2D eigenvalue weighted by molar-refractivity contribution is 5.97. The number of hydrogen-bond donors (Lipinski definition) is 1. The van der Waals surface area contributed by atoms with Crippen LogP contribution in [0.15, 0.2) is 48.5 Å². The third-order valence-electron chi connectivity index (χ3n) is 5.62. The van der Waals surface area contributed by atoms with E-state index in [1.807, 2.05) is 13.8 Å². The zero-order chi connectivity index (χ0) is 22.4. The first-order chi connectivity index (χ1) is 14.9. The van der Waals surface area contributed by atoms with Crippen molar-refractivity contribution in [2.75, 3.05) is 31.5 Å². The van der Waals surface area contributed by atoms with Crippen LogP contribution in [-0.4, -0.2) is 53.7 Å². The van der Waals surface area contributed by atoms with Crippen LogP contribution in [-0.2, 0) is 4.79 Å². The minimum absolute atomic E-state index is 0.0369. The molecule has 1 heterocycles. The second kappa shape index (κ2) is 10.2. The summed E-state index contributed by atoms with van der Waals surface area (Å²) < 4.78 is 13.1.